The standard InChI is InChI=1S/C11H12ClN5O/c12-9-6-8(3-5-13-9)11(18)14-4-1-2-10-15-7-16-17-10/h3,5-7H,1-2,4H2,(H,14,18)(H,15,16,17). The lowest BCUT2D eigenvalue weighted by molar-refractivity contribution is 0.0953. The minimum absolute atomic E-state index is 0.156. The molecule has 1 amide bonds. The molecule has 7 heteroatoms. The molecular weight excluding hydrogens is 254 g/mol. The van der Waals surface area contributed by atoms with Gasteiger partial charge in [0.15, 0.2) is 0 Å². The van der Waals surface area contributed by atoms with Gasteiger partial charge in [-0.2, -0.15) is 5.10 Å². The number of hydrogen-bond donors (Lipinski definition) is 2. The fourth-order valence-electron chi connectivity index (χ4n) is 1.45. The third kappa shape index (κ3) is 3.53. The van der Waals surface area contributed by atoms with Gasteiger partial charge in [0.1, 0.15) is 17.3 Å². The monoisotopic (exact) mass is 265 g/mol. The van der Waals surface area contributed by atoms with Gasteiger partial charge >= 0.3 is 0 Å². The SMILES string of the molecule is O=C(NCCCc1ncn[nH]1)c1ccnc(Cl)c1. The smallest absolute Gasteiger partial charge is 0.251 e. The number of hydrogen-bond acceptors (Lipinski definition) is 4. The van der Waals surface area contributed by atoms with E-state index in [-0.39, 0.29) is 5.91 Å². The van der Waals surface area contributed by atoms with Crippen molar-refractivity contribution in [3.63, 3.8) is 0 Å². The molecule has 2 heterocycles. The zero-order valence-electron chi connectivity index (χ0n) is 9.56. The minimum Gasteiger partial charge on any atom is -0.352 e. The van der Waals surface area contributed by atoms with Crippen molar-refractivity contribution >= 4 is 17.5 Å². The topological polar surface area (TPSA) is 83.6 Å². The lowest BCUT2D eigenvalue weighted by atomic mass is 10.2. The number of aryl methyl sites for hydroxylation is 1. The summed E-state index contributed by atoms with van der Waals surface area (Å²) in [4.78, 5) is 19.5. The van der Waals surface area contributed by atoms with Crippen LogP contribution in [0.1, 0.15) is 22.6 Å². The molecule has 2 aromatic rings. The van der Waals surface area contributed by atoms with Crippen molar-refractivity contribution in [1.29, 1.82) is 0 Å². The predicted molar refractivity (Wildman–Crippen MR) is 66.3 cm³/mol. The van der Waals surface area contributed by atoms with Gasteiger partial charge in [-0.05, 0) is 18.6 Å². The largest absolute Gasteiger partial charge is 0.352 e. The third-order valence-corrected chi connectivity index (χ3v) is 2.54. The van der Waals surface area contributed by atoms with Crippen LogP contribution < -0.4 is 5.32 Å². The van der Waals surface area contributed by atoms with E-state index >= 15 is 0 Å². The molecule has 0 unspecified atom stereocenters. The summed E-state index contributed by atoms with van der Waals surface area (Å²) in [6.07, 6.45) is 4.51. The Bertz CT molecular complexity index is 514. The molecule has 0 bridgehead atoms. The van der Waals surface area contributed by atoms with Crippen LogP contribution in [0, 0.1) is 0 Å². The molecule has 0 aliphatic rings. The van der Waals surface area contributed by atoms with Gasteiger partial charge < -0.3 is 5.32 Å². The molecule has 0 atom stereocenters. The maximum absolute atomic E-state index is 11.7. The second-order valence-corrected chi connectivity index (χ2v) is 4.05. The Morgan fingerprint density at radius 2 is 2.33 bits per heavy atom. The highest BCUT2D eigenvalue weighted by molar-refractivity contribution is 6.29. The predicted octanol–water partition coefficient (Wildman–Crippen LogP) is 1.22. The Kier molecular flexibility index (Phi) is 4.25. The normalized spacial score (nSPS) is 10.3. The number of amides is 1. The van der Waals surface area contributed by atoms with Crippen LogP contribution in [-0.2, 0) is 6.42 Å². The summed E-state index contributed by atoms with van der Waals surface area (Å²) in [5.74, 6) is 0.660. The van der Waals surface area contributed by atoms with Crippen LogP contribution in [0.2, 0.25) is 5.15 Å². The summed E-state index contributed by atoms with van der Waals surface area (Å²) in [5.41, 5.74) is 0.509. The molecule has 6 nitrogen and oxygen atoms in total. The van der Waals surface area contributed by atoms with E-state index in [4.69, 9.17) is 11.6 Å². The summed E-state index contributed by atoms with van der Waals surface area (Å²) >= 11 is 5.71. The van der Waals surface area contributed by atoms with Gasteiger partial charge in [0.25, 0.3) is 5.91 Å². The quantitative estimate of drug-likeness (QED) is 0.629. The van der Waals surface area contributed by atoms with Crippen LogP contribution in [0.5, 0.6) is 0 Å². The maximum atomic E-state index is 11.7. The summed E-state index contributed by atoms with van der Waals surface area (Å²) < 4.78 is 0. The highest BCUT2D eigenvalue weighted by atomic mass is 35.5. The van der Waals surface area contributed by atoms with Crippen LogP contribution in [-0.4, -0.2) is 32.6 Å². The van der Waals surface area contributed by atoms with Gasteiger partial charge in [-0.25, -0.2) is 9.97 Å². The number of H-pyrrole nitrogens is 1. The Labute approximate surface area is 109 Å². The van der Waals surface area contributed by atoms with Crippen molar-refractivity contribution in [3.8, 4) is 0 Å². The fourth-order valence-corrected chi connectivity index (χ4v) is 1.63. The van der Waals surface area contributed by atoms with E-state index in [2.05, 4.69) is 25.5 Å². The Morgan fingerprint density at radius 3 is 3.06 bits per heavy atom. The second-order valence-electron chi connectivity index (χ2n) is 3.66. The van der Waals surface area contributed by atoms with E-state index in [1.807, 2.05) is 0 Å². The first-order chi connectivity index (χ1) is 8.75. The van der Waals surface area contributed by atoms with Gasteiger partial charge in [0, 0.05) is 24.7 Å². The molecule has 0 aliphatic heterocycles. The van der Waals surface area contributed by atoms with Gasteiger partial charge in [0.2, 0.25) is 0 Å². The third-order valence-electron chi connectivity index (χ3n) is 2.33. The Hall–Kier alpha value is -1.95. The molecule has 2 rings (SSSR count). The lowest BCUT2D eigenvalue weighted by Crippen LogP contribution is -2.24. The van der Waals surface area contributed by atoms with Crippen molar-refractivity contribution in [1.82, 2.24) is 25.5 Å². The van der Waals surface area contributed by atoms with Gasteiger partial charge in [0.05, 0.1) is 0 Å². The van der Waals surface area contributed by atoms with Gasteiger partial charge in [-0.1, -0.05) is 11.6 Å². The summed E-state index contributed by atoms with van der Waals surface area (Å²) in [6.45, 7) is 0.569. The van der Waals surface area contributed by atoms with Gasteiger partial charge in [-0.3, -0.25) is 9.89 Å². The first kappa shape index (κ1) is 12.5. The highest BCUT2D eigenvalue weighted by Gasteiger charge is 2.05. The van der Waals surface area contributed by atoms with E-state index in [9.17, 15) is 4.79 Å². The molecule has 0 aliphatic carbocycles. The van der Waals surface area contributed by atoms with Crippen molar-refractivity contribution in [2.24, 2.45) is 0 Å². The van der Waals surface area contributed by atoms with E-state index in [1.54, 1.807) is 6.07 Å². The summed E-state index contributed by atoms with van der Waals surface area (Å²) in [7, 11) is 0. The zero-order valence-corrected chi connectivity index (χ0v) is 10.3. The van der Waals surface area contributed by atoms with Crippen molar-refractivity contribution in [2.75, 3.05) is 6.54 Å². The molecule has 2 N–H and O–H groups in total. The number of rotatable bonds is 5. The molecule has 0 saturated carbocycles. The molecule has 94 valence electrons. The van der Waals surface area contributed by atoms with Crippen LogP contribution in [0.25, 0.3) is 0 Å². The number of aromatic amines is 1. The molecule has 2 aromatic heterocycles. The molecular formula is C11H12ClN5O. The molecule has 0 aromatic carbocycles. The zero-order chi connectivity index (χ0) is 12.8. The van der Waals surface area contributed by atoms with Crippen molar-refractivity contribution in [3.05, 3.63) is 41.2 Å². The number of carbonyl (C=O) groups excluding carboxylic acids is 1. The first-order valence-electron chi connectivity index (χ1n) is 5.49. The molecule has 0 saturated heterocycles. The van der Waals surface area contributed by atoms with Crippen LogP contribution in [0.4, 0.5) is 0 Å². The lowest BCUT2D eigenvalue weighted by Gasteiger charge is -2.04. The van der Waals surface area contributed by atoms with Crippen LogP contribution in [0.15, 0.2) is 24.7 Å². The van der Waals surface area contributed by atoms with Crippen LogP contribution >= 0.6 is 11.6 Å². The number of nitrogens with one attached hydrogen (secondary N) is 2. The number of halogens is 1. The van der Waals surface area contributed by atoms with E-state index in [1.165, 1.54) is 18.6 Å². The summed E-state index contributed by atoms with van der Waals surface area (Å²) in [5, 5.41) is 9.62. The first-order valence-corrected chi connectivity index (χ1v) is 5.87. The van der Waals surface area contributed by atoms with Crippen molar-refractivity contribution < 1.29 is 4.79 Å². The summed E-state index contributed by atoms with van der Waals surface area (Å²) in [6, 6.07) is 3.16. The van der Waals surface area contributed by atoms with Gasteiger partial charge in [-0.15, -0.1) is 0 Å². The van der Waals surface area contributed by atoms with E-state index in [0.717, 1.165) is 18.7 Å². The fraction of sp³-hybridized carbons (Fsp3) is 0.273. The molecule has 18 heavy (non-hydrogen) atoms. The second kappa shape index (κ2) is 6.11. The number of nitrogens with zero attached hydrogens (tertiary/aromatic N) is 3. The Morgan fingerprint density at radius 1 is 1.44 bits per heavy atom. The minimum atomic E-state index is -0.156. The number of carbonyl (C=O) groups is 1. The molecule has 0 fully saturated rings. The number of aromatic nitrogens is 4. The average Bonchev–Trinajstić information content (AvgIpc) is 2.87. The number of pyridine rings is 1. The highest BCUT2D eigenvalue weighted by Crippen LogP contribution is 2.06. The Balaban J connectivity index is 1.75. The van der Waals surface area contributed by atoms with Crippen LogP contribution in [0.3, 0.4) is 0 Å². The van der Waals surface area contributed by atoms with Crippen molar-refractivity contribution in [2.45, 2.75) is 12.8 Å². The average molecular weight is 266 g/mol. The van der Waals surface area contributed by atoms with E-state index < -0.39 is 0 Å². The molecule has 0 radical (unpaired) electrons. The van der Waals surface area contributed by atoms with E-state index in [0.29, 0.717) is 17.3 Å². The maximum Gasteiger partial charge on any atom is 0.251 e. The molecule has 0 spiro atoms.